The Morgan fingerprint density at radius 3 is 2.45 bits per heavy atom. The SMILES string of the molecule is COC(=O)C1(Nc2cccc(Cl)c2)CCCCCCC1. The summed E-state index contributed by atoms with van der Waals surface area (Å²) >= 11 is 6.02. The van der Waals surface area contributed by atoms with Gasteiger partial charge in [0.25, 0.3) is 0 Å². The Morgan fingerprint density at radius 2 is 1.85 bits per heavy atom. The molecule has 110 valence electrons. The van der Waals surface area contributed by atoms with Crippen molar-refractivity contribution in [2.75, 3.05) is 12.4 Å². The lowest BCUT2D eigenvalue weighted by molar-refractivity contribution is -0.146. The van der Waals surface area contributed by atoms with Crippen molar-refractivity contribution < 1.29 is 9.53 Å². The van der Waals surface area contributed by atoms with E-state index in [1.807, 2.05) is 24.3 Å². The molecular weight excluding hydrogens is 274 g/mol. The predicted molar refractivity (Wildman–Crippen MR) is 82.1 cm³/mol. The van der Waals surface area contributed by atoms with Gasteiger partial charge in [0.15, 0.2) is 0 Å². The highest BCUT2D eigenvalue weighted by Crippen LogP contribution is 2.31. The smallest absolute Gasteiger partial charge is 0.331 e. The molecular formula is C16H22ClNO2. The van der Waals surface area contributed by atoms with Crippen molar-refractivity contribution in [1.82, 2.24) is 0 Å². The molecule has 0 aliphatic heterocycles. The second kappa shape index (κ2) is 6.98. The van der Waals surface area contributed by atoms with Crippen molar-refractivity contribution in [2.45, 2.75) is 50.5 Å². The third-order valence-electron chi connectivity index (χ3n) is 3.99. The summed E-state index contributed by atoms with van der Waals surface area (Å²) in [7, 11) is 1.46. The topological polar surface area (TPSA) is 38.3 Å². The van der Waals surface area contributed by atoms with Crippen LogP contribution in [0.5, 0.6) is 0 Å². The van der Waals surface area contributed by atoms with Gasteiger partial charge in [-0.1, -0.05) is 49.8 Å². The van der Waals surface area contributed by atoms with Gasteiger partial charge < -0.3 is 10.1 Å². The molecule has 1 N–H and O–H groups in total. The highest BCUT2D eigenvalue weighted by Gasteiger charge is 2.39. The number of benzene rings is 1. The molecule has 1 saturated carbocycles. The maximum absolute atomic E-state index is 12.3. The third-order valence-corrected chi connectivity index (χ3v) is 4.23. The maximum Gasteiger partial charge on any atom is 0.331 e. The molecule has 0 saturated heterocycles. The second-order valence-electron chi connectivity index (χ2n) is 5.48. The van der Waals surface area contributed by atoms with Gasteiger partial charge >= 0.3 is 5.97 Å². The van der Waals surface area contributed by atoms with Crippen LogP contribution in [0.15, 0.2) is 24.3 Å². The Morgan fingerprint density at radius 1 is 1.20 bits per heavy atom. The molecule has 1 fully saturated rings. The molecule has 1 aromatic rings. The molecule has 20 heavy (non-hydrogen) atoms. The molecule has 0 amide bonds. The van der Waals surface area contributed by atoms with Crippen LogP contribution >= 0.6 is 11.6 Å². The largest absolute Gasteiger partial charge is 0.467 e. The third kappa shape index (κ3) is 3.66. The van der Waals surface area contributed by atoms with E-state index in [0.29, 0.717) is 5.02 Å². The number of esters is 1. The van der Waals surface area contributed by atoms with Crippen LogP contribution in [0, 0.1) is 0 Å². The minimum atomic E-state index is -0.611. The summed E-state index contributed by atoms with van der Waals surface area (Å²) < 4.78 is 5.06. The molecule has 0 radical (unpaired) electrons. The number of hydrogen-bond donors (Lipinski definition) is 1. The average molecular weight is 296 g/mol. The highest BCUT2D eigenvalue weighted by molar-refractivity contribution is 6.30. The van der Waals surface area contributed by atoms with Crippen LogP contribution in [-0.4, -0.2) is 18.6 Å². The molecule has 3 nitrogen and oxygen atoms in total. The second-order valence-corrected chi connectivity index (χ2v) is 5.91. The number of ether oxygens (including phenoxy) is 1. The number of hydrogen-bond acceptors (Lipinski definition) is 3. The van der Waals surface area contributed by atoms with Crippen LogP contribution < -0.4 is 5.32 Å². The van der Waals surface area contributed by atoms with Gasteiger partial charge in [0.05, 0.1) is 7.11 Å². The summed E-state index contributed by atoms with van der Waals surface area (Å²) in [5, 5.41) is 4.06. The number of rotatable bonds is 3. The van der Waals surface area contributed by atoms with E-state index < -0.39 is 5.54 Å². The van der Waals surface area contributed by atoms with Gasteiger partial charge in [-0.3, -0.25) is 0 Å². The molecule has 0 atom stereocenters. The minimum absolute atomic E-state index is 0.167. The Kier molecular flexibility index (Phi) is 5.30. The number of halogens is 1. The summed E-state index contributed by atoms with van der Waals surface area (Å²) in [5.41, 5.74) is 0.267. The molecule has 1 aliphatic carbocycles. The molecule has 4 heteroatoms. The molecule has 2 rings (SSSR count). The molecule has 0 unspecified atom stereocenters. The molecule has 0 spiro atoms. The summed E-state index contributed by atoms with van der Waals surface area (Å²) in [6.45, 7) is 0. The van der Waals surface area contributed by atoms with Crippen LogP contribution in [-0.2, 0) is 9.53 Å². The number of anilines is 1. The van der Waals surface area contributed by atoms with Crippen LogP contribution in [0.25, 0.3) is 0 Å². The van der Waals surface area contributed by atoms with Crippen molar-refractivity contribution >= 4 is 23.3 Å². The van der Waals surface area contributed by atoms with Crippen molar-refractivity contribution in [3.05, 3.63) is 29.3 Å². The van der Waals surface area contributed by atoms with Crippen molar-refractivity contribution in [1.29, 1.82) is 0 Å². The fourth-order valence-electron chi connectivity index (χ4n) is 2.93. The molecule has 1 aliphatic rings. The fraction of sp³-hybridized carbons (Fsp3) is 0.562. The summed E-state index contributed by atoms with van der Waals surface area (Å²) in [6.07, 6.45) is 7.32. The van der Waals surface area contributed by atoms with E-state index >= 15 is 0 Å². The normalized spacial score (nSPS) is 18.7. The first-order valence-electron chi connectivity index (χ1n) is 7.28. The quantitative estimate of drug-likeness (QED) is 0.840. The Labute approximate surface area is 125 Å². The zero-order valence-electron chi connectivity index (χ0n) is 12.0. The Hall–Kier alpha value is -1.22. The average Bonchev–Trinajstić information content (AvgIpc) is 2.41. The van der Waals surface area contributed by atoms with E-state index in [9.17, 15) is 4.79 Å². The number of nitrogens with one attached hydrogen (secondary N) is 1. The summed E-state index contributed by atoms with van der Waals surface area (Å²) in [4.78, 5) is 12.3. The van der Waals surface area contributed by atoms with E-state index in [1.165, 1.54) is 26.4 Å². The van der Waals surface area contributed by atoms with Gasteiger partial charge in [0.2, 0.25) is 0 Å². The summed E-state index contributed by atoms with van der Waals surface area (Å²) in [6, 6.07) is 7.51. The lowest BCUT2D eigenvalue weighted by Crippen LogP contribution is -2.47. The van der Waals surface area contributed by atoms with Gasteiger partial charge in [-0.05, 0) is 31.0 Å². The Bertz CT molecular complexity index is 454. The monoisotopic (exact) mass is 295 g/mol. The Balaban J connectivity index is 2.23. The first-order chi connectivity index (χ1) is 9.66. The molecule has 0 bridgehead atoms. The highest BCUT2D eigenvalue weighted by atomic mass is 35.5. The van der Waals surface area contributed by atoms with Crippen LogP contribution in [0.3, 0.4) is 0 Å². The van der Waals surface area contributed by atoms with Crippen LogP contribution in [0.4, 0.5) is 5.69 Å². The van der Waals surface area contributed by atoms with Crippen LogP contribution in [0.1, 0.15) is 44.9 Å². The molecule has 0 aromatic heterocycles. The summed E-state index contributed by atoms with van der Waals surface area (Å²) in [5.74, 6) is -0.167. The van der Waals surface area contributed by atoms with Gasteiger partial charge in [0.1, 0.15) is 5.54 Å². The van der Waals surface area contributed by atoms with Crippen molar-refractivity contribution in [3.8, 4) is 0 Å². The van der Waals surface area contributed by atoms with E-state index in [2.05, 4.69) is 5.32 Å². The van der Waals surface area contributed by atoms with Gasteiger partial charge in [-0.25, -0.2) is 4.79 Å². The zero-order chi connectivity index (χ0) is 14.4. The van der Waals surface area contributed by atoms with Crippen molar-refractivity contribution in [3.63, 3.8) is 0 Å². The molecule has 1 aromatic carbocycles. The fourth-order valence-corrected chi connectivity index (χ4v) is 3.12. The lowest BCUT2D eigenvalue weighted by atomic mass is 9.83. The number of carbonyl (C=O) groups excluding carboxylic acids is 1. The van der Waals surface area contributed by atoms with Crippen LogP contribution in [0.2, 0.25) is 5.02 Å². The van der Waals surface area contributed by atoms with E-state index in [-0.39, 0.29) is 5.97 Å². The standard InChI is InChI=1S/C16H22ClNO2/c1-20-15(19)16(10-5-3-2-4-6-11-16)18-14-9-7-8-13(17)12-14/h7-9,12,18H,2-6,10-11H2,1H3. The first-order valence-corrected chi connectivity index (χ1v) is 7.66. The lowest BCUT2D eigenvalue weighted by Gasteiger charge is -2.34. The van der Waals surface area contributed by atoms with Gasteiger partial charge in [0, 0.05) is 10.7 Å². The molecule has 0 heterocycles. The minimum Gasteiger partial charge on any atom is -0.467 e. The van der Waals surface area contributed by atoms with E-state index in [0.717, 1.165) is 31.4 Å². The van der Waals surface area contributed by atoms with Crippen molar-refractivity contribution in [2.24, 2.45) is 0 Å². The van der Waals surface area contributed by atoms with Gasteiger partial charge in [-0.2, -0.15) is 0 Å². The maximum atomic E-state index is 12.3. The number of methoxy groups -OCH3 is 1. The first kappa shape index (κ1) is 15.2. The van der Waals surface area contributed by atoms with E-state index in [1.54, 1.807) is 0 Å². The number of carbonyl (C=O) groups is 1. The zero-order valence-corrected chi connectivity index (χ0v) is 12.7. The van der Waals surface area contributed by atoms with E-state index in [4.69, 9.17) is 16.3 Å². The van der Waals surface area contributed by atoms with Gasteiger partial charge in [-0.15, -0.1) is 0 Å². The predicted octanol–water partition coefficient (Wildman–Crippen LogP) is 4.41.